The minimum Gasteiger partial charge on any atom is -0.397 e. The zero-order chi connectivity index (χ0) is 26.8. The van der Waals surface area contributed by atoms with Gasteiger partial charge in [0.15, 0.2) is 0 Å². The average molecular weight is 510 g/mol. The second kappa shape index (κ2) is 10.1. The highest BCUT2D eigenvalue weighted by molar-refractivity contribution is 6.06. The molecule has 0 spiro atoms. The molecule has 0 aliphatic heterocycles. The zero-order valence-corrected chi connectivity index (χ0v) is 20.4. The van der Waals surface area contributed by atoms with Crippen molar-refractivity contribution in [3.63, 3.8) is 0 Å². The molecule has 2 amide bonds. The van der Waals surface area contributed by atoms with Crippen LogP contribution in [0.2, 0.25) is 0 Å². The number of pyridine rings is 1. The number of halogens is 1. The first-order valence-corrected chi connectivity index (χ1v) is 11.8. The third kappa shape index (κ3) is 4.90. The van der Waals surface area contributed by atoms with E-state index in [1.807, 2.05) is 0 Å². The molecule has 2 heterocycles. The van der Waals surface area contributed by atoms with Crippen LogP contribution in [0.4, 0.5) is 15.8 Å². The highest BCUT2D eigenvalue weighted by Crippen LogP contribution is 2.28. The number of hydrogen-bond acceptors (Lipinski definition) is 4. The van der Waals surface area contributed by atoms with E-state index < -0.39 is 11.7 Å². The monoisotopic (exact) mass is 509 g/mol. The van der Waals surface area contributed by atoms with E-state index in [2.05, 4.69) is 15.6 Å². The molecule has 2 aromatic heterocycles. The molecule has 5 aromatic rings. The van der Waals surface area contributed by atoms with Crippen LogP contribution in [0.25, 0.3) is 22.0 Å². The van der Waals surface area contributed by atoms with Crippen LogP contribution in [-0.2, 0) is 13.6 Å². The zero-order valence-electron chi connectivity index (χ0n) is 20.4. The van der Waals surface area contributed by atoms with E-state index in [4.69, 9.17) is 5.73 Å². The van der Waals surface area contributed by atoms with Crippen LogP contribution in [0.5, 0.6) is 0 Å². The molecule has 0 radical (unpaired) electrons. The lowest BCUT2D eigenvalue weighted by molar-refractivity contribution is 0.0945. The van der Waals surface area contributed by atoms with Crippen LogP contribution in [0.3, 0.4) is 0 Å². The molecule has 0 atom stereocenters. The van der Waals surface area contributed by atoms with E-state index in [0.717, 1.165) is 5.56 Å². The van der Waals surface area contributed by atoms with Gasteiger partial charge in [-0.25, -0.2) is 4.39 Å². The fourth-order valence-corrected chi connectivity index (χ4v) is 4.20. The Morgan fingerprint density at radius 2 is 1.74 bits per heavy atom. The Hall–Kier alpha value is -5.18. The molecule has 38 heavy (non-hydrogen) atoms. The molecular weight excluding hydrogens is 485 g/mol. The number of aryl methyl sites for hydroxylation is 1. The van der Waals surface area contributed by atoms with Crippen LogP contribution in [0.1, 0.15) is 26.4 Å². The van der Waals surface area contributed by atoms with Crippen molar-refractivity contribution in [2.75, 3.05) is 11.1 Å². The first-order valence-electron chi connectivity index (χ1n) is 11.8. The Morgan fingerprint density at radius 3 is 2.47 bits per heavy atom. The number of nitrogens with zero attached hydrogens (tertiary/aromatic N) is 1. The number of fused-ring (bicyclic) bond motifs is 1. The predicted octanol–water partition coefficient (Wildman–Crippen LogP) is 4.44. The molecule has 5 rings (SSSR count). The number of aromatic nitrogens is 2. The fraction of sp³-hybridized carbons (Fsp3) is 0.0690. The number of carbonyl (C=O) groups is 2. The van der Waals surface area contributed by atoms with E-state index in [0.29, 0.717) is 33.5 Å². The number of hydrogen-bond donors (Lipinski definition) is 4. The van der Waals surface area contributed by atoms with Gasteiger partial charge in [0.05, 0.1) is 11.4 Å². The topological polar surface area (TPSA) is 122 Å². The third-order valence-corrected chi connectivity index (χ3v) is 6.22. The largest absolute Gasteiger partial charge is 0.397 e. The number of H-pyrrole nitrogens is 1. The van der Waals surface area contributed by atoms with Crippen LogP contribution in [0, 0.1) is 5.82 Å². The minimum atomic E-state index is -0.408. The van der Waals surface area contributed by atoms with Gasteiger partial charge in [0.1, 0.15) is 17.0 Å². The number of amides is 2. The maximum atomic E-state index is 13.8. The van der Waals surface area contributed by atoms with Gasteiger partial charge in [0.25, 0.3) is 17.4 Å². The molecule has 0 bridgehead atoms. The van der Waals surface area contributed by atoms with Gasteiger partial charge in [0.2, 0.25) is 0 Å². The van der Waals surface area contributed by atoms with Crippen molar-refractivity contribution >= 4 is 34.1 Å². The van der Waals surface area contributed by atoms with Gasteiger partial charge in [-0.2, -0.15) is 0 Å². The molecule has 0 saturated heterocycles. The van der Waals surface area contributed by atoms with Gasteiger partial charge in [0, 0.05) is 36.3 Å². The molecule has 9 heteroatoms. The summed E-state index contributed by atoms with van der Waals surface area (Å²) in [5, 5.41) is 6.12. The number of anilines is 2. The summed E-state index contributed by atoms with van der Waals surface area (Å²) in [5.41, 5.74) is 9.49. The lowest BCUT2D eigenvalue weighted by atomic mass is 10.0. The number of benzene rings is 3. The van der Waals surface area contributed by atoms with Crippen molar-refractivity contribution in [3.05, 3.63) is 118 Å². The van der Waals surface area contributed by atoms with E-state index in [1.54, 1.807) is 80.0 Å². The SMILES string of the molecule is Cn1cc(-c2cccc(F)c2)c2cc(C(=O)NCc3ccc(C(=O)Nc4ccccc4N)cc3)[nH]c2c1=O. The summed E-state index contributed by atoms with van der Waals surface area (Å²) in [5.74, 6) is -1.10. The van der Waals surface area contributed by atoms with Crippen LogP contribution >= 0.6 is 0 Å². The maximum absolute atomic E-state index is 13.8. The predicted molar refractivity (Wildman–Crippen MR) is 145 cm³/mol. The Kier molecular flexibility index (Phi) is 6.49. The highest BCUT2D eigenvalue weighted by Gasteiger charge is 2.17. The minimum absolute atomic E-state index is 0.205. The fourth-order valence-electron chi connectivity index (χ4n) is 4.20. The van der Waals surface area contributed by atoms with E-state index >= 15 is 0 Å². The van der Waals surface area contributed by atoms with Crippen molar-refractivity contribution in [2.45, 2.75) is 6.54 Å². The summed E-state index contributed by atoms with van der Waals surface area (Å²) in [6.07, 6.45) is 1.62. The van der Waals surface area contributed by atoms with Crippen LogP contribution in [-0.4, -0.2) is 21.4 Å². The Labute approximate surface area is 216 Å². The summed E-state index contributed by atoms with van der Waals surface area (Å²) in [4.78, 5) is 41.1. The van der Waals surface area contributed by atoms with Gasteiger partial charge in [-0.3, -0.25) is 14.4 Å². The standard InChI is InChI=1S/C29H24FN5O3/c1-35-16-22(19-5-4-6-20(30)13-19)21-14-25(33-26(21)29(35)38)28(37)32-15-17-9-11-18(12-10-17)27(36)34-24-8-3-2-7-23(24)31/h2-14,16,33H,15,31H2,1H3,(H,32,37)(H,34,36). The first-order chi connectivity index (χ1) is 18.3. The van der Waals surface area contributed by atoms with Gasteiger partial charge >= 0.3 is 0 Å². The normalized spacial score (nSPS) is 10.9. The second-order valence-corrected chi connectivity index (χ2v) is 8.86. The molecule has 190 valence electrons. The summed E-state index contributed by atoms with van der Waals surface area (Å²) in [7, 11) is 1.60. The lowest BCUT2D eigenvalue weighted by Crippen LogP contribution is -2.23. The molecule has 8 nitrogen and oxygen atoms in total. The third-order valence-electron chi connectivity index (χ3n) is 6.22. The number of carbonyl (C=O) groups excluding carboxylic acids is 2. The van der Waals surface area contributed by atoms with E-state index in [9.17, 15) is 18.8 Å². The van der Waals surface area contributed by atoms with E-state index in [-0.39, 0.29) is 29.2 Å². The van der Waals surface area contributed by atoms with Gasteiger partial charge in [-0.05, 0) is 53.6 Å². The maximum Gasteiger partial charge on any atom is 0.274 e. The van der Waals surface area contributed by atoms with Crippen molar-refractivity contribution in [1.82, 2.24) is 14.9 Å². The first kappa shape index (κ1) is 24.5. The summed E-state index contributed by atoms with van der Waals surface area (Å²) in [6.45, 7) is 0.205. The molecule has 3 aromatic carbocycles. The Bertz CT molecular complexity index is 1740. The molecule has 0 saturated carbocycles. The molecular formula is C29H24FN5O3. The summed E-state index contributed by atoms with van der Waals surface area (Å²) < 4.78 is 15.2. The molecule has 0 fully saturated rings. The van der Waals surface area contributed by atoms with E-state index in [1.165, 1.54) is 16.7 Å². The number of nitrogens with two attached hydrogens (primary N) is 1. The number of para-hydroxylation sites is 2. The molecule has 0 unspecified atom stereocenters. The smallest absolute Gasteiger partial charge is 0.274 e. The quantitative estimate of drug-likeness (QED) is 0.253. The van der Waals surface area contributed by atoms with Crippen LogP contribution in [0.15, 0.2) is 89.9 Å². The number of rotatable bonds is 6. The van der Waals surface area contributed by atoms with Crippen molar-refractivity contribution in [3.8, 4) is 11.1 Å². The Balaban J connectivity index is 1.31. The number of aromatic amines is 1. The molecule has 5 N–H and O–H groups in total. The van der Waals surface area contributed by atoms with Gasteiger partial charge < -0.3 is 25.9 Å². The van der Waals surface area contributed by atoms with Crippen LogP contribution < -0.4 is 21.9 Å². The van der Waals surface area contributed by atoms with Gasteiger partial charge in [-0.1, -0.05) is 36.4 Å². The molecule has 0 aliphatic carbocycles. The van der Waals surface area contributed by atoms with Crippen molar-refractivity contribution < 1.29 is 14.0 Å². The van der Waals surface area contributed by atoms with Crippen molar-refractivity contribution in [2.24, 2.45) is 7.05 Å². The second-order valence-electron chi connectivity index (χ2n) is 8.86. The average Bonchev–Trinajstić information content (AvgIpc) is 3.37. The highest BCUT2D eigenvalue weighted by atomic mass is 19.1. The molecule has 0 aliphatic rings. The summed E-state index contributed by atoms with van der Waals surface area (Å²) >= 11 is 0. The number of nitrogen functional groups attached to an aromatic ring is 1. The lowest BCUT2D eigenvalue weighted by Gasteiger charge is -2.09. The van der Waals surface area contributed by atoms with Gasteiger partial charge in [-0.15, -0.1) is 0 Å². The Morgan fingerprint density at radius 1 is 0.974 bits per heavy atom. The van der Waals surface area contributed by atoms with Crippen molar-refractivity contribution in [1.29, 1.82) is 0 Å². The summed E-state index contributed by atoms with van der Waals surface area (Å²) in [6, 6.07) is 21.4. The number of nitrogens with one attached hydrogen (secondary N) is 3.